The van der Waals surface area contributed by atoms with Gasteiger partial charge < -0.3 is 14.2 Å². The maximum atomic E-state index is 12.1. The number of hydrogen-bond acceptors (Lipinski definition) is 6. The van der Waals surface area contributed by atoms with E-state index in [1.54, 1.807) is 0 Å². The van der Waals surface area contributed by atoms with Gasteiger partial charge in [-0.25, -0.2) is 0 Å². The fourth-order valence-corrected chi connectivity index (χ4v) is 5.95. The van der Waals surface area contributed by atoms with Crippen LogP contribution in [0.1, 0.15) is 38.5 Å². The van der Waals surface area contributed by atoms with E-state index in [9.17, 15) is 14.4 Å². The number of carbonyl (C=O) groups excluding carboxylic acids is 3. The molecule has 168 valence electrons. The Labute approximate surface area is 185 Å². The molecule has 0 heterocycles. The van der Waals surface area contributed by atoms with E-state index >= 15 is 0 Å². The third kappa shape index (κ3) is 5.49. The molecule has 0 saturated carbocycles. The topological polar surface area (TPSA) is 78.9 Å². The first-order valence-electron chi connectivity index (χ1n) is 11.2. The van der Waals surface area contributed by atoms with Crippen molar-refractivity contribution in [2.75, 3.05) is 21.3 Å². The average molecular weight is 428 g/mol. The van der Waals surface area contributed by atoms with Crippen molar-refractivity contribution in [1.29, 1.82) is 0 Å². The van der Waals surface area contributed by atoms with Crippen molar-refractivity contribution in [2.45, 2.75) is 56.0 Å². The second kappa shape index (κ2) is 10.8. The van der Waals surface area contributed by atoms with E-state index in [4.69, 9.17) is 14.2 Å². The van der Waals surface area contributed by atoms with Crippen LogP contribution in [-0.4, -0.2) is 46.0 Å². The minimum absolute atomic E-state index is 0.108. The lowest BCUT2D eigenvalue weighted by Crippen LogP contribution is -2.39. The third-order valence-electron chi connectivity index (χ3n) is 7.40. The molecule has 0 aromatic rings. The summed E-state index contributed by atoms with van der Waals surface area (Å²) >= 11 is 0. The first-order chi connectivity index (χ1) is 15.0. The number of methoxy groups -OCH3 is 3. The molecule has 0 aromatic heterocycles. The van der Waals surface area contributed by atoms with Crippen molar-refractivity contribution < 1.29 is 28.6 Å². The van der Waals surface area contributed by atoms with E-state index < -0.39 is 0 Å². The molecule has 3 aliphatic rings. The molecule has 0 aromatic carbocycles. The number of carbonyl (C=O) groups is 3. The van der Waals surface area contributed by atoms with Gasteiger partial charge in [0.25, 0.3) is 0 Å². The summed E-state index contributed by atoms with van der Waals surface area (Å²) in [6.07, 6.45) is 16.7. The van der Waals surface area contributed by atoms with Gasteiger partial charge in [-0.3, -0.25) is 14.4 Å². The van der Waals surface area contributed by atoms with Crippen LogP contribution < -0.4 is 0 Å². The normalized spacial score (nSPS) is 31.1. The van der Waals surface area contributed by atoms with Gasteiger partial charge in [-0.05, 0) is 37.0 Å². The van der Waals surface area contributed by atoms with E-state index in [2.05, 4.69) is 36.5 Å². The molecule has 0 radical (unpaired) electrons. The Morgan fingerprint density at radius 1 is 0.645 bits per heavy atom. The van der Waals surface area contributed by atoms with Crippen LogP contribution in [0.25, 0.3) is 0 Å². The van der Waals surface area contributed by atoms with Crippen LogP contribution >= 0.6 is 0 Å². The highest BCUT2D eigenvalue weighted by Gasteiger charge is 2.48. The molecular formula is C24H33BO6. The van der Waals surface area contributed by atoms with E-state index in [-0.39, 0.29) is 59.8 Å². The standard InChI is InChI=1S/C24H33BO6/c1-29-22(26)13-16-7-4-10-19(16)25(20-11-5-8-17(20)14-23(27)30-2)21-12-6-9-18(21)15-24(28)31-3/h4-9,16-21H,10-15H2,1-3H3. The van der Waals surface area contributed by atoms with Crippen LogP contribution in [-0.2, 0) is 28.6 Å². The minimum Gasteiger partial charge on any atom is -0.469 e. The summed E-state index contributed by atoms with van der Waals surface area (Å²) in [5, 5.41) is 0. The van der Waals surface area contributed by atoms with Crippen LogP contribution in [0.3, 0.4) is 0 Å². The SMILES string of the molecule is COC(=O)CC1C=CCC1B(C1CC=CC1CC(=O)OC)C1CC=CC1CC(=O)OC. The Kier molecular flexibility index (Phi) is 8.16. The zero-order valence-electron chi connectivity index (χ0n) is 18.7. The predicted molar refractivity (Wildman–Crippen MR) is 119 cm³/mol. The first-order valence-corrected chi connectivity index (χ1v) is 11.2. The van der Waals surface area contributed by atoms with Gasteiger partial charge in [-0.2, -0.15) is 0 Å². The Morgan fingerprint density at radius 2 is 0.935 bits per heavy atom. The average Bonchev–Trinajstić information content (AvgIpc) is 3.52. The molecular weight excluding hydrogens is 395 g/mol. The quantitative estimate of drug-likeness (QED) is 0.239. The first kappa shape index (κ1) is 23.4. The van der Waals surface area contributed by atoms with Crippen LogP contribution in [0.2, 0.25) is 17.5 Å². The van der Waals surface area contributed by atoms with Gasteiger partial charge in [-0.15, -0.1) is 0 Å². The molecule has 0 saturated heterocycles. The molecule has 0 aliphatic heterocycles. The summed E-state index contributed by atoms with van der Waals surface area (Å²) in [5.41, 5.74) is 0. The van der Waals surface area contributed by atoms with E-state index in [1.807, 2.05) is 0 Å². The van der Waals surface area contributed by atoms with E-state index in [0.29, 0.717) is 19.3 Å². The Balaban J connectivity index is 1.88. The van der Waals surface area contributed by atoms with Crippen LogP contribution in [0.15, 0.2) is 36.5 Å². The summed E-state index contributed by atoms with van der Waals surface area (Å²) in [6.45, 7) is 0.263. The number of rotatable bonds is 9. The fraction of sp³-hybridized carbons (Fsp3) is 0.625. The van der Waals surface area contributed by atoms with Gasteiger partial charge in [0.05, 0.1) is 40.6 Å². The van der Waals surface area contributed by atoms with Crippen LogP contribution in [0.4, 0.5) is 0 Å². The van der Waals surface area contributed by atoms with Crippen molar-refractivity contribution >= 4 is 24.6 Å². The summed E-state index contributed by atoms with van der Waals surface area (Å²) in [5.74, 6) is 0.533. The molecule has 6 unspecified atom stereocenters. The maximum absolute atomic E-state index is 12.1. The minimum atomic E-state index is -0.202. The van der Waals surface area contributed by atoms with E-state index in [1.165, 1.54) is 21.3 Å². The zero-order chi connectivity index (χ0) is 22.4. The molecule has 3 aliphatic carbocycles. The molecule has 7 heteroatoms. The fourth-order valence-electron chi connectivity index (χ4n) is 5.95. The zero-order valence-corrected chi connectivity index (χ0v) is 18.7. The number of hydrogen-bond donors (Lipinski definition) is 0. The molecule has 0 spiro atoms. The second-order valence-corrected chi connectivity index (χ2v) is 8.89. The largest absolute Gasteiger partial charge is 0.469 e. The van der Waals surface area contributed by atoms with Gasteiger partial charge >= 0.3 is 17.9 Å². The lowest BCUT2D eigenvalue weighted by molar-refractivity contribution is -0.142. The Bertz CT molecular complexity index is 657. The molecule has 0 N–H and O–H groups in total. The number of ether oxygens (including phenoxy) is 3. The predicted octanol–water partition coefficient (Wildman–Crippen LogP) is 4.01. The molecule has 0 fully saturated rings. The Hall–Kier alpha value is -2.31. The maximum Gasteiger partial charge on any atom is 0.306 e. The number of esters is 3. The summed E-state index contributed by atoms with van der Waals surface area (Å²) < 4.78 is 14.8. The molecule has 6 atom stereocenters. The molecule has 0 bridgehead atoms. The molecule has 0 amide bonds. The van der Waals surface area contributed by atoms with Crippen molar-refractivity contribution in [3.63, 3.8) is 0 Å². The Morgan fingerprint density at radius 3 is 1.19 bits per heavy atom. The van der Waals surface area contributed by atoms with Gasteiger partial charge in [-0.1, -0.05) is 53.9 Å². The van der Waals surface area contributed by atoms with E-state index in [0.717, 1.165) is 19.3 Å². The summed E-state index contributed by atoms with van der Waals surface area (Å²) in [4.78, 5) is 36.2. The smallest absolute Gasteiger partial charge is 0.306 e. The second-order valence-electron chi connectivity index (χ2n) is 8.89. The number of allylic oxidation sites excluding steroid dienone is 6. The third-order valence-corrected chi connectivity index (χ3v) is 7.40. The van der Waals surface area contributed by atoms with Crippen molar-refractivity contribution in [3.05, 3.63) is 36.5 Å². The molecule has 3 rings (SSSR count). The summed E-state index contributed by atoms with van der Waals surface area (Å²) in [7, 11) is 4.27. The molecule has 31 heavy (non-hydrogen) atoms. The van der Waals surface area contributed by atoms with Gasteiger partial charge in [0.1, 0.15) is 0 Å². The highest BCUT2D eigenvalue weighted by atomic mass is 16.5. The van der Waals surface area contributed by atoms with Crippen molar-refractivity contribution in [2.24, 2.45) is 17.8 Å². The van der Waals surface area contributed by atoms with Crippen molar-refractivity contribution in [1.82, 2.24) is 0 Å². The molecule has 6 nitrogen and oxygen atoms in total. The summed E-state index contributed by atoms with van der Waals surface area (Å²) in [6, 6.07) is 0. The van der Waals surface area contributed by atoms with Crippen LogP contribution in [0.5, 0.6) is 0 Å². The van der Waals surface area contributed by atoms with Gasteiger partial charge in [0.2, 0.25) is 0 Å². The van der Waals surface area contributed by atoms with Gasteiger partial charge in [0, 0.05) is 0 Å². The van der Waals surface area contributed by atoms with Crippen molar-refractivity contribution in [3.8, 4) is 0 Å². The van der Waals surface area contributed by atoms with Crippen LogP contribution in [0, 0.1) is 17.8 Å². The highest BCUT2D eigenvalue weighted by molar-refractivity contribution is 6.64. The van der Waals surface area contributed by atoms with Gasteiger partial charge in [0.15, 0.2) is 6.71 Å². The lowest BCUT2D eigenvalue weighted by Gasteiger charge is -2.39. The monoisotopic (exact) mass is 428 g/mol. The lowest BCUT2D eigenvalue weighted by atomic mass is 9.23. The highest BCUT2D eigenvalue weighted by Crippen LogP contribution is 2.54.